The average molecular weight is 352 g/mol. The maximum atomic E-state index is 11.5. The number of para-hydroxylation sites is 1. The van der Waals surface area contributed by atoms with Gasteiger partial charge in [0.15, 0.2) is 0 Å². The summed E-state index contributed by atoms with van der Waals surface area (Å²) < 4.78 is 9.30. The molecule has 3 heterocycles. The fourth-order valence-electron chi connectivity index (χ4n) is 3.31. The molecule has 2 aromatic heterocycles. The first-order valence-electron chi connectivity index (χ1n) is 8.67. The second kappa shape index (κ2) is 7.13. The van der Waals surface area contributed by atoms with E-state index in [9.17, 15) is 9.90 Å². The topological polar surface area (TPSA) is 82.2 Å². The van der Waals surface area contributed by atoms with Crippen LogP contribution in [-0.2, 0) is 16.1 Å². The molecule has 0 bridgehead atoms. The highest BCUT2D eigenvalue weighted by atomic mass is 16.5. The summed E-state index contributed by atoms with van der Waals surface area (Å²) in [6.07, 6.45) is 6.44. The van der Waals surface area contributed by atoms with Gasteiger partial charge in [0.05, 0.1) is 36.1 Å². The monoisotopic (exact) mass is 352 g/mol. The van der Waals surface area contributed by atoms with Crippen LogP contribution in [0.15, 0.2) is 55.0 Å². The van der Waals surface area contributed by atoms with Crippen LogP contribution in [0.3, 0.4) is 0 Å². The van der Waals surface area contributed by atoms with Gasteiger partial charge in [0.2, 0.25) is 0 Å². The average Bonchev–Trinajstić information content (AvgIpc) is 3.32. The van der Waals surface area contributed by atoms with Crippen molar-refractivity contribution in [3.63, 3.8) is 0 Å². The molecule has 2 atom stereocenters. The number of aliphatic carboxylic acids is 1. The minimum Gasteiger partial charge on any atom is -0.481 e. The van der Waals surface area contributed by atoms with Gasteiger partial charge < -0.3 is 9.84 Å². The molecule has 0 saturated carbocycles. The Morgan fingerprint density at radius 1 is 1.27 bits per heavy atom. The lowest BCUT2D eigenvalue weighted by Crippen LogP contribution is -2.28. The molecular weight excluding hydrogens is 332 g/mol. The van der Waals surface area contributed by atoms with Crippen LogP contribution < -0.4 is 0 Å². The number of ether oxygens (including phenoxy) is 1. The number of benzene rings is 1. The summed E-state index contributed by atoms with van der Waals surface area (Å²) in [4.78, 5) is 11.5. The molecule has 0 radical (unpaired) electrons. The number of nitrogens with zero attached hydrogens (tertiary/aromatic N) is 4. The van der Waals surface area contributed by atoms with E-state index in [-0.39, 0.29) is 0 Å². The Morgan fingerprint density at radius 3 is 2.92 bits per heavy atom. The van der Waals surface area contributed by atoms with Gasteiger partial charge in [0.25, 0.3) is 0 Å². The van der Waals surface area contributed by atoms with E-state index in [1.54, 1.807) is 10.9 Å². The molecule has 4 rings (SSSR count). The predicted molar refractivity (Wildman–Crippen MR) is 93.9 cm³/mol. The molecular formula is C19H20N4O3. The number of hydrogen-bond donors (Lipinski definition) is 1. The highest BCUT2D eigenvalue weighted by molar-refractivity contribution is 5.71. The van der Waals surface area contributed by atoms with E-state index < -0.39 is 18.0 Å². The summed E-state index contributed by atoms with van der Waals surface area (Å²) in [5.74, 6) is -1.33. The number of hydrogen-bond acceptors (Lipinski definition) is 4. The molecule has 0 unspecified atom stereocenters. The molecule has 1 fully saturated rings. The summed E-state index contributed by atoms with van der Waals surface area (Å²) in [6, 6.07) is 11.9. The maximum Gasteiger partial charge on any atom is 0.309 e. The van der Waals surface area contributed by atoms with Crippen LogP contribution in [0, 0.1) is 5.92 Å². The van der Waals surface area contributed by atoms with E-state index in [2.05, 4.69) is 10.2 Å². The second-order valence-corrected chi connectivity index (χ2v) is 6.44. The van der Waals surface area contributed by atoms with Gasteiger partial charge in [-0.1, -0.05) is 18.2 Å². The number of carboxylic acid groups (broad SMARTS) is 1. The SMILES string of the molecule is O=C(O)[C@@H]1CCCO[C@H]1c1cnn(Cc2ccn(-c3ccccc3)n2)c1. The van der Waals surface area contributed by atoms with Crippen LogP contribution in [0.4, 0.5) is 0 Å². The maximum absolute atomic E-state index is 11.5. The lowest BCUT2D eigenvalue weighted by Gasteiger charge is -2.28. The first-order valence-corrected chi connectivity index (χ1v) is 8.67. The van der Waals surface area contributed by atoms with E-state index in [4.69, 9.17) is 4.74 Å². The van der Waals surface area contributed by atoms with E-state index in [1.165, 1.54) is 0 Å². The van der Waals surface area contributed by atoms with Gasteiger partial charge in [-0.3, -0.25) is 9.48 Å². The second-order valence-electron chi connectivity index (χ2n) is 6.44. The Hall–Kier alpha value is -2.93. The van der Waals surface area contributed by atoms with Crippen molar-refractivity contribution in [2.45, 2.75) is 25.5 Å². The lowest BCUT2D eigenvalue weighted by atomic mass is 9.91. The molecule has 7 nitrogen and oxygen atoms in total. The third-order valence-corrected chi connectivity index (χ3v) is 4.61. The van der Waals surface area contributed by atoms with Crippen molar-refractivity contribution in [2.75, 3.05) is 6.61 Å². The lowest BCUT2D eigenvalue weighted by molar-refractivity contribution is -0.151. The molecule has 1 aromatic carbocycles. The summed E-state index contributed by atoms with van der Waals surface area (Å²) in [5, 5.41) is 18.3. The number of carbonyl (C=O) groups is 1. The Morgan fingerprint density at radius 2 is 2.12 bits per heavy atom. The number of rotatable bonds is 5. The zero-order valence-electron chi connectivity index (χ0n) is 14.2. The minimum atomic E-state index is -0.816. The van der Waals surface area contributed by atoms with Crippen molar-refractivity contribution in [1.82, 2.24) is 19.6 Å². The molecule has 134 valence electrons. The molecule has 0 aliphatic carbocycles. The first kappa shape index (κ1) is 16.5. The van der Waals surface area contributed by atoms with Crippen molar-refractivity contribution in [2.24, 2.45) is 5.92 Å². The number of aromatic nitrogens is 4. The van der Waals surface area contributed by atoms with Crippen LogP contribution in [0.5, 0.6) is 0 Å². The molecule has 1 aliphatic rings. The van der Waals surface area contributed by atoms with Crippen molar-refractivity contribution in [1.29, 1.82) is 0 Å². The van der Waals surface area contributed by atoms with Gasteiger partial charge in [-0.15, -0.1) is 0 Å². The van der Waals surface area contributed by atoms with Crippen LogP contribution in [0.1, 0.15) is 30.2 Å². The number of carboxylic acids is 1. The largest absolute Gasteiger partial charge is 0.481 e. The van der Waals surface area contributed by atoms with Crippen LogP contribution >= 0.6 is 0 Å². The highest BCUT2D eigenvalue weighted by Crippen LogP contribution is 2.33. The molecule has 0 spiro atoms. The van der Waals surface area contributed by atoms with Crippen LogP contribution in [0.25, 0.3) is 5.69 Å². The normalized spacial score (nSPS) is 20.2. The Labute approximate surface area is 150 Å². The fourth-order valence-corrected chi connectivity index (χ4v) is 3.31. The quantitative estimate of drug-likeness (QED) is 0.763. The first-order chi connectivity index (χ1) is 12.7. The molecule has 1 N–H and O–H groups in total. The fraction of sp³-hybridized carbons (Fsp3) is 0.316. The standard InChI is InChI=1S/C19H20N4O3/c24-19(25)17-7-4-10-26-18(17)14-11-20-22(12-14)13-15-8-9-23(21-15)16-5-2-1-3-6-16/h1-3,5-6,8-9,11-12,17-18H,4,7,10,13H2,(H,24,25)/t17-,18+/m1/s1. The third kappa shape index (κ3) is 3.39. The van der Waals surface area contributed by atoms with Gasteiger partial charge in [-0.25, -0.2) is 4.68 Å². The van der Waals surface area contributed by atoms with E-state index in [0.717, 1.165) is 23.4 Å². The summed E-state index contributed by atoms with van der Waals surface area (Å²) in [5.41, 5.74) is 2.68. The van der Waals surface area contributed by atoms with Crippen molar-refractivity contribution in [3.05, 3.63) is 66.2 Å². The van der Waals surface area contributed by atoms with Crippen molar-refractivity contribution < 1.29 is 14.6 Å². The minimum absolute atomic E-state index is 0.433. The smallest absolute Gasteiger partial charge is 0.309 e. The van der Waals surface area contributed by atoms with Gasteiger partial charge in [-0.2, -0.15) is 10.2 Å². The van der Waals surface area contributed by atoms with E-state index in [1.807, 2.05) is 53.5 Å². The van der Waals surface area contributed by atoms with Crippen molar-refractivity contribution >= 4 is 5.97 Å². The summed E-state index contributed by atoms with van der Waals surface area (Å²) >= 11 is 0. The Balaban J connectivity index is 1.49. The van der Waals surface area contributed by atoms with Crippen LogP contribution in [-0.4, -0.2) is 37.2 Å². The van der Waals surface area contributed by atoms with Gasteiger partial charge in [0.1, 0.15) is 0 Å². The summed E-state index contributed by atoms with van der Waals surface area (Å²) in [6.45, 7) is 1.10. The van der Waals surface area contributed by atoms with E-state index in [0.29, 0.717) is 19.6 Å². The molecule has 26 heavy (non-hydrogen) atoms. The Kier molecular flexibility index (Phi) is 4.53. The molecule has 1 aliphatic heterocycles. The summed E-state index contributed by atoms with van der Waals surface area (Å²) in [7, 11) is 0. The Bertz CT molecular complexity index is 887. The molecule has 1 saturated heterocycles. The van der Waals surface area contributed by atoms with Gasteiger partial charge >= 0.3 is 5.97 Å². The molecule has 0 amide bonds. The molecule has 7 heteroatoms. The van der Waals surface area contributed by atoms with Crippen LogP contribution in [0.2, 0.25) is 0 Å². The van der Waals surface area contributed by atoms with Gasteiger partial charge in [0, 0.05) is 24.6 Å². The molecule has 3 aromatic rings. The highest BCUT2D eigenvalue weighted by Gasteiger charge is 2.33. The predicted octanol–water partition coefficient (Wildman–Crippen LogP) is 2.67. The zero-order chi connectivity index (χ0) is 17.9. The third-order valence-electron chi connectivity index (χ3n) is 4.61. The zero-order valence-corrected chi connectivity index (χ0v) is 14.2. The van der Waals surface area contributed by atoms with Crippen molar-refractivity contribution in [3.8, 4) is 5.69 Å². The van der Waals surface area contributed by atoms with E-state index >= 15 is 0 Å². The van der Waals surface area contributed by atoms with Gasteiger partial charge in [-0.05, 0) is 31.0 Å².